The Hall–Kier alpha value is -0.710. The highest BCUT2D eigenvalue weighted by Gasteiger charge is 2.11. The van der Waals surface area contributed by atoms with Gasteiger partial charge in [-0.05, 0) is 5.92 Å². The van der Waals surface area contributed by atoms with Crippen LogP contribution in [0.15, 0.2) is 0 Å². The van der Waals surface area contributed by atoms with Gasteiger partial charge in [0.05, 0.1) is 18.9 Å². The van der Waals surface area contributed by atoms with E-state index in [0.29, 0.717) is 30.5 Å². The largest absolute Gasteiger partial charge is 0.481 e. The quantitative estimate of drug-likeness (QED) is 0.526. The van der Waals surface area contributed by atoms with Gasteiger partial charge in [0.25, 0.3) is 0 Å². The normalized spacial score (nSPS) is 12.5. The third-order valence-corrected chi connectivity index (χ3v) is 3.05. The molecule has 0 bridgehead atoms. The van der Waals surface area contributed by atoms with Gasteiger partial charge >= 0.3 is 11.9 Å². The van der Waals surface area contributed by atoms with Crippen molar-refractivity contribution in [2.24, 2.45) is 11.8 Å². The maximum Gasteiger partial charge on any atom is 0.307 e. The second kappa shape index (κ2) is 8.44. The number of rotatable bonds is 8. The number of aliphatic carboxylic acids is 1. The summed E-state index contributed by atoms with van der Waals surface area (Å²) < 4.78 is 4.99. The number of esters is 1. The fraction of sp³-hybridized carbons (Fsp3) is 0.818. The summed E-state index contributed by atoms with van der Waals surface area (Å²) in [6.07, 6.45) is 0.351. The number of ether oxygens (including phenoxy) is 1. The number of carbonyl (C=O) groups excluding carboxylic acids is 1. The maximum atomic E-state index is 11.2. The lowest BCUT2D eigenvalue weighted by Crippen LogP contribution is -2.13. The van der Waals surface area contributed by atoms with Crippen molar-refractivity contribution in [2.75, 3.05) is 18.1 Å². The number of thioether (sulfide) groups is 1. The molecule has 0 aromatic heterocycles. The molecule has 0 fully saturated rings. The first-order valence-corrected chi connectivity index (χ1v) is 6.55. The van der Waals surface area contributed by atoms with Crippen LogP contribution in [0.3, 0.4) is 0 Å². The van der Waals surface area contributed by atoms with Crippen LogP contribution in [-0.2, 0) is 14.3 Å². The van der Waals surface area contributed by atoms with E-state index in [2.05, 4.69) is 0 Å². The Balaban J connectivity index is 3.44. The van der Waals surface area contributed by atoms with Crippen LogP contribution in [0.5, 0.6) is 0 Å². The molecule has 16 heavy (non-hydrogen) atoms. The molecule has 0 saturated heterocycles. The second-order valence-corrected chi connectivity index (χ2v) is 5.29. The molecule has 0 rings (SSSR count). The van der Waals surface area contributed by atoms with E-state index in [1.165, 1.54) is 11.8 Å². The lowest BCUT2D eigenvalue weighted by molar-refractivity contribution is -0.144. The topological polar surface area (TPSA) is 63.6 Å². The van der Waals surface area contributed by atoms with Crippen LogP contribution >= 0.6 is 11.8 Å². The zero-order valence-electron chi connectivity index (χ0n) is 10.1. The lowest BCUT2D eigenvalue weighted by atomic mass is 10.2. The molecule has 1 unspecified atom stereocenters. The van der Waals surface area contributed by atoms with Gasteiger partial charge in [-0.3, -0.25) is 9.59 Å². The van der Waals surface area contributed by atoms with Crippen LogP contribution < -0.4 is 0 Å². The number of carbonyl (C=O) groups is 2. The van der Waals surface area contributed by atoms with Gasteiger partial charge in [0.1, 0.15) is 0 Å². The number of carboxylic acids is 1. The summed E-state index contributed by atoms with van der Waals surface area (Å²) in [6.45, 7) is 6.08. The molecule has 0 radical (unpaired) electrons. The molecule has 0 aliphatic rings. The molecule has 0 amide bonds. The minimum absolute atomic E-state index is 0.204. The Morgan fingerprint density at radius 3 is 2.44 bits per heavy atom. The molecule has 1 atom stereocenters. The number of carboxylic acid groups (broad SMARTS) is 1. The van der Waals surface area contributed by atoms with E-state index in [9.17, 15) is 9.59 Å². The Labute approximate surface area is 101 Å². The van der Waals surface area contributed by atoms with Gasteiger partial charge in [-0.25, -0.2) is 0 Å². The first-order chi connectivity index (χ1) is 7.43. The van der Waals surface area contributed by atoms with E-state index in [0.717, 1.165) is 0 Å². The van der Waals surface area contributed by atoms with Crippen molar-refractivity contribution < 1.29 is 19.4 Å². The maximum absolute atomic E-state index is 11.2. The molecular formula is C11H20O4S. The van der Waals surface area contributed by atoms with Crippen molar-refractivity contribution in [3.8, 4) is 0 Å². The zero-order valence-corrected chi connectivity index (χ0v) is 10.9. The molecule has 0 aliphatic carbocycles. The zero-order chi connectivity index (χ0) is 12.6. The van der Waals surface area contributed by atoms with Gasteiger partial charge in [-0.1, -0.05) is 20.8 Å². The molecule has 5 heteroatoms. The third-order valence-electron chi connectivity index (χ3n) is 1.82. The van der Waals surface area contributed by atoms with Crippen molar-refractivity contribution >= 4 is 23.7 Å². The predicted molar refractivity (Wildman–Crippen MR) is 64.5 cm³/mol. The molecule has 4 nitrogen and oxygen atoms in total. The second-order valence-electron chi connectivity index (χ2n) is 4.14. The van der Waals surface area contributed by atoms with Crippen LogP contribution in [0.2, 0.25) is 0 Å². The van der Waals surface area contributed by atoms with Gasteiger partial charge in [-0.2, -0.15) is 11.8 Å². The Bertz CT molecular complexity index is 228. The highest BCUT2D eigenvalue weighted by atomic mass is 32.2. The lowest BCUT2D eigenvalue weighted by Gasteiger charge is -2.07. The van der Waals surface area contributed by atoms with Crippen LogP contribution in [0.25, 0.3) is 0 Å². The average Bonchev–Trinajstić information content (AvgIpc) is 2.20. The van der Waals surface area contributed by atoms with Crippen molar-refractivity contribution in [3.05, 3.63) is 0 Å². The summed E-state index contributed by atoms with van der Waals surface area (Å²) in [5, 5.41) is 8.63. The SMILES string of the molecule is CC(C)COC(=O)CCSCC(C)C(=O)O. The minimum atomic E-state index is -0.796. The Morgan fingerprint density at radius 2 is 1.94 bits per heavy atom. The van der Waals surface area contributed by atoms with E-state index in [-0.39, 0.29) is 11.9 Å². The van der Waals surface area contributed by atoms with Crippen LogP contribution in [-0.4, -0.2) is 35.2 Å². The first kappa shape index (κ1) is 15.3. The molecule has 0 saturated carbocycles. The van der Waals surface area contributed by atoms with E-state index in [1.54, 1.807) is 6.92 Å². The molecule has 94 valence electrons. The van der Waals surface area contributed by atoms with E-state index in [1.807, 2.05) is 13.8 Å². The predicted octanol–water partition coefficient (Wildman–Crippen LogP) is 2.03. The highest BCUT2D eigenvalue weighted by Crippen LogP contribution is 2.10. The van der Waals surface area contributed by atoms with Gasteiger partial charge in [-0.15, -0.1) is 0 Å². The van der Waals surface area contributed by atoms with E-state index in [4.69, 9.17) is 9.84 Å². The minimum Gasteiger partial charge on any atom is -0.481 e. The molecule has 0 aliphatic heterocycles. The van der Waals surface area contributed by atoms with Crippen LogP contribution in [0.4, 0.5) is 0 Å². The van der Waals surface area contributed by atoms with Gasteiger partial charge < -0.3 is 9.84 Å². The number of hydrogen-bond acceptors (Lipinski definition) is 4. The van der Waals surface area contributed by atoms with Crippen molar-refractivity contribution in [1.82, 2.24) is 0 Å². The third kappa shape index (κ3) is 8.59. The fourth-order valence-electron chi connectivity index (χ4n) is 0.819. The molecule has 0 aromatic carbocycles. The summed E-state index contributed by atoms with van der Waals surface area (Å²) in [5.74, 6) is 0.140. The van der Waals surface area contributed by atoms with Crippen LogP contribution in [0.1, 0.15) is 27.2 Å². The average molecular weight is 248 g/mol. The Kier molecular flexibility index (Phi) is 8.07. The standard InChI is InChI=1S/C11H20O4S/c1-8(2)6-15-10(12)4-5-16-7-9(3)11(13)14/h8-9H,4-7H2,1-3H3,(H,13,14). The molecular weight excluding hydrogens is 228 g/mol. The summed E-state index contributed by atoms with van der Waals surface area (Å²) in [6, 6.07) is 0. The summed E-state index contributed by atoms with van der Waals surface area (Å²) >= 11 is 1.47. The van der Waals surface area contributed by atoms with E-state index < -0.39 is 5.97 Å². The van der Waals surface area contributed by atoms with Crippen LogP contribution in [0, 0.1) is 11.8 Å². The summed E-state index contributed by atoms with van der Waals surface area (Å²) in [7, 11) is 0. The highest BCUT2D eigenvalue weighted by molar-refractivity contribution is 7.99. The first-order valence-electron chi connectivity index (χ1n) is 5.39. The smallest absolute Gasteiger partial charge is 0.307 e. The Morgan fingerprint density at radius 1 is 1.31 bits per heavy atom. The van der Waals surface area contributed by atoms with Crippen molar-refractivity contribution in [3.63, 3.8) is 0 Å². The monoisotopic (exact) mass is 248 g/mol. The molecule has 0 heterocycles. The van der Waals surface area contributed by atoms with Gasteiger partial charge in [0, 0.05) is 11.5 Å². The summed E-state index contributed by atoms with van der Waals surface area (Å²) in [5.41, 5.74) is 0. The fourth-order valence-corrected chi connectivity index (χ4v) is 1.79. The molecule has 1 N–H and O–H groups in total. The number of hydrogen-bond donors (Lipinski definition) is 1. The van der Waals surface area contributed by atoms with Crippen molar-refractivity contribution in [1.29, 1.82) is 0 Å². The van der Waals surface area contributed by atoms with Gasteiger partial charge in [0.15, 0.2) is 0 Å². The van der Waals surface area contributed by atoms with Gasteiger partial charge in [0.2, 0.25) is 0 Å². The molecule has 0 aromatic rings. The van der Waals surface area contributed by atoms with Crippen molar-refractivity contribution in [2.45, 2.75) is 27.2 Å². The van der Waals surface area contributed by atoms with E-state index >= 15 is 0 Å². The molecule has 0 spiro atoms. The summed E-state index contributed by atoms with van der Waals surface area (Å²) in [4.78, 5) is 21.7.